The lowest BCUT2D eigenvalue weighted by molar-refractivity contribution is 0.125. The van der Waals surface area contributed by atoms with Crippen LogP contribution in [0.5, 0.6) is 0 Å². The van der Waals surface area contributed by atoms with Crippen LogP contribution in [0.25, 0.3) is 0 Å². The Morgan fingerprint density at radius 2 is 1.09 bits per heavy atom. The first-order chi connectivity index (χ1) is 11.4. The van der Waals surface area contributed by atoms with Crippen LogP contribution in [0, 0.1) is 0 Å². The molecule has 0 atom stereocenters. The Balaban J connectivity index is 2.92. The Hall–Kier alpha value is 0.270. The minimum Gasteiger partial charge on any atom is -0.396 e. The molecule has 0 aromatic heterocycles. The fourth-order valence-corrected chi connectivity index (χ4v) is 3.59. The zero-order valence-electron chi connectivity index (χ0n) is 15.7. The third kappa shape index (κ3) is 22.3. The monoisotopic (exact) mass is 346 g/mol. The minimum atomic E-state index is 0.345. The van der Waals surface area contributed by atoms with Crippen molar-refractivity contribution in [2.24, 2.45) is 0 Å². The van der Waals surface area contributed by atoms with E-state index >= 15 is 0 Å². The van der Waals surface area contributed by atoms with E-state index in [1.54, 1.807) is 0 Å². The highest BCUT2D eigenvalue weighted by Gasteiger charge is 1.95. The molecule has 0 amide bonds. The largest absolute Gasteiger partial charge is 0.396 e. The number of thioether (sulfide) groups is 1. The van der Waals surface area contributed by atoms with E-state index in [9.17, 15) is 0 Å². The Morgan fingerprint density at radius 3 is 1.65 bits per heavy atom. The number of unbranched alkanes of at least 4 members (excludes halogenated alkanes) is 11. The lowest BCUT2D eigenvalue weighted by Crippen LogP contribution is -1.97. The molecule has 0 fully saturated rings. The molecule has 0 heterocycles. The van der Waals surface area contributed by atoms with Crippen LogP contribution >= 0.6 is 11.8 Å². The summed E-state index contributed by atoms with van der Waals surface area (Å²) in [5.41, 5.74) is 0. The molecule has 0 spiro atoms. The van der Waals surface area contributed by atoms with E-state index in [0.717, 1.165) is 25.4 Å². The summed E-state index contributed by atoms with van der Waals surface area (Å²) >= 11 is 1.99. The van der Waals surface area contributed by atoms with Crippen LogP contribution in [0.3, 0.4) is 0 Å². The molecule has 0 aliphatic rings. The number of aliphatic hydroxyl groups excluding tert-OH is 1. The average molecular weight is 347 g/mol. The highest BCUT2D eigenvalue weighted by Crippen LogP contribution is 2.12. The van der Waals surface area contributed by atoms with Gasteiger partial charge in [0.05, 0.1) is 0 Å². The normalized spacial score (nSPS) is 11.2. The average Bonchev–Trinajstić information content (AvgIpc) is 2.57. The Bertz CT molecular complexity index is 180. The molecule has 0 rings (SSSR count). The predicted octanol–water partition coefficient (Wildman–Crippen LogP) is 6.21. The highest BCUT2D eigenvalue weighted by atomic mass is 32.2. The standard InChI is InChI=1S/C20H42O2S/c1-2-3-4-12-17-22-18-13-10-8-6-5-7-9-11-14-19-23-20-15-16-21/h21H,2-20H2,1H3. The Kier molecular flexibility index (Phi) is 22.5. The highest BCUT2D eigenvalue weighted by molar-refractivity contribution is 7.99. The van der Waals surface area contributed by atoms with Crippen molar-refractivity contribution in [2.75, 3.05) is 31.3 Å². The van der Waals surface area contributed by atoms with Gasteiger partial charge in [-0.1, -0.05) is 71.1 Å². The third-order valence-electron chi connectivity index (χ3n) is 4.17. The van der Waals surface area contributed by atoms with E-state index in [1.807, 2.05) is 11.8 Å². The van der Waals surface area contributed by atoms with Gasteiger partial charge in [-0.05, 0) is 37.2 Å². The van der Waals surface area contributed by atoms with Crippen LogP contribution < -0.4 is 0 Å². The number of rotatable bonds is 20. The summed E-state index contributed by atoms with van der Waals surface area (Å²) in [4.78, 5) is 0. The molecule has 3 heteroatoms. The van der Waals surface area contributed by atoms with Crippen molar-refractivity contribution in [3.8, 4) is 0 Å². The van der Waals surface area contributed by atoms with Gasteiger partial charge in [-0.3, -0.25) is 0 Å². The molecule has 0 aliphatic carbocycles. The van der Waals surface area contributed by atoms with Crippen LogP contribution in [-0.2, 0) is 4.74 Å². The molecular weight excluding hydrogens is 304 g/mol. The molecule has 0 unspecified atom stereocenters. The molecule has 0 aromatic carbocycles. The van der Waals surface area contributed by atoms with Crippen molar-refractivity contribution in [3.05, 3.63) is 0 Å². The SMILES string of the molecule is CCCCCCOCCCCCCCCCCCSCCCO. The molecule has 0 aromatic rings. The van der Waals surface area contributed by atoms with Crippen molar-refractivity contribution in [1.82, 2.24) is 0 Å². The second-order valence-electron chi connectivity index (χ2n) is 6.54. The molecule has 0 saturated heterocycles. The maximum absolute atomic E-state index is 8.69. The molecular formula is C20H42O2S. The summed E-state index contributed by atoms with van der Waals surface area (Å²) < 4.78 is 5.67. The molecule has 0 bridgehead atoms. The molecule has 140 valence electrons. The molecule has 0 radical (unpaired) electrons. The lowest BCUT2D eigenvalue weighted by Gasteiger charge is -2.05. The summed E-state index contributed by atoms with van der Waals surface area (Å²) in [6, 6.07) is 0. The number of ether oxygens (including phenoxy) is 1. The predicted molar refractivity (Wildman–Crippen MR) is 106 cm³/mol. The van der Waals surface area contributed by atoms with Crippen LogP contribution in [0.4, 0.5) is 0 Å². The van der Waals surface area contributed by atoms with Gasteiger partial charge < -0.3 is 9.84 Å². The summed E-state index contributed by atoms with van der Waals surface area (Å²) in [7, 11) is 0. The summed E-state index contributed by atoms with van der Waals surface area (Å²) in [5.74, 6) is 2.40. The van der Waals surface area contributed by atoms with E-state index in [2.05, 4.69) is 6.92 Å². The first kappa shape index (κ1) is 23.3. The van der Waals surface area contributed by atoms with Gasteiger partial charge in [-0.25, -0.2) is 0 Å². The van der Waals surface area contributed by atoms with Crippen molar-refractivity contribution in [2.45, 2.75) is 96.8 Å². The number of aliphatic hydroxyl groups is 1. The smallest absolute Gasteiger partial charge is 0.0466 e. The summed E-state index contributed by atoms with van der Waals surface area (Å²) in [6.07, 6.45) is 18.5. The minimum absolute atomic E-state index is 0.345. The molecule has 1 N–H and O–H groups in total. The third-order valence-corrected chi connectivity index (χ3v) is 5.32. The zero-order chi connectivity index (χ0) is 16.8. The number of hydrogen-bond donors (Lipinski definition) is 1. The van der Waals surface area contributed by atoms with Gasteiger partial charge in [0, 0.05) is 19.8 Å². The maximum Gasteiger partial charge on any atom is 0.0466 e. The van der Waals surface area contributed by atoms with E-state index in [-0.39, 0.29) is 0 Å². The second-order valence-corrected chi connectivity index (χ2v) is 7.77. The molecule has 0 saturated carbocycles. The summed E-state index contributed by atoms with van der Waals surface area (Å²) in [5, 5.41) is 8.69. The van der Waals surface area contributed by atoms with Gasteiger partial charge in [0.2, 0.25) is 0 Å². The van der Waals surface area contributed by atoms with Gasteiger partial charge in [0.1, 0.15) is 0 Å². The van der Waals surface area contributed by atoms with Gasteiger partial charge in [-0.2, -0.15) is 11.8 Å². The molecule has 2 nitrogen and oxygen atoms in total. The van der Waals surface area contributed by atoms with Crippen molar-refractivity contribution in [3.63, 3.8) is 0 Å². The topological polar surface area (TPSA) is 29.5 Å². The van der Waals surface area contributed by atoms with Crippen molar-refractivity contribution in [1.29, 1.82) is 0 Å². The van der Waals surface area contributed by atoms with Gasteiger partial charge >= 0.3 is 0 Å². The Morgan fingerprint density at radius 1 is 0.609 bits per heavy atom. The van der Waals surface area contributed by atoms with Gasteiger partial charge in [0.25, 0.3) is 0 Å². The first-order valence-electron chi connectivity index (χ1n) is 10.2. The molecule has 0 aliphatic heterocycles. The summed E-state index contributed by atoms with van der Waals surface area (Å²) in [6.45, 7) is 4.54. The second kappa shape index (κ2) is 22.3. The lowest BCUT2D eigenvalue weighted by atomic mass is 10.1. The van der Waals surface area contributed by atoms with Crippen LogP contribution in [0.2, 0.25) is 0 Å². The quantitative estimate of drug-likeness (QED) is 0.266. The first-order valence-corrected chi connectivity index (χ1v) is 11.3. The van der Waals surface area contributed by atoms with Gasteiger partial charge in [0.15, 0.2) is 0 Å². The van der Waals surface area contributed by atoms with E-state index < -0.39 is 0 Å². The van der Waals surface area contributed by atoms with E-state index in [4.69, 9.17) is 9.84 Å². The van der Waals surface area contributed by atoms with Crippen molar-refractivity contribution < 1.29 is 9.84 Å². The van der Waals surface area contributed by atoms with Crippen LogP contribution in [-0.4, -0.2) is 36.4 Å². The van der Waals surface area contributed by atoms with E-state index in [1.165, 1.54) is 89.2 Å². The Labute approximate surface area is 150 Å². The van der Waals surface area contributed by atoms with Gasteiger partial charge in [-0.15, -0.1) is 0 Å². The zero-order valence-corrected chi connectivity index (χ0v) is 16.5. The van der Waals surface area contributed by atoms with E-state index in [0.29, 0.717) is 6.61 Å². The fraction of sp³-hybridized carbons (Fsp3) is 1.00. The maximum atomic E-state index is 8.69. The van der Waals surface area contributed by atoms with Crippen LogP contribution in [0.15, 0.2) is 0 Å². The molecule has 23 heavy (non-hydrogen) atoms. The van der Waals surface area contributed by atoms with Crippen LogP contribution in [0.1, 0.15) is 96.8 Å². The van der Waals surface area contributed by atoms with Crippen molar-refractivity contribution >= 4 is 11.8 Å². The number of hydrogen-bond acceptors (Lipinski definition) is 3. The fourth-order valence-electron chi connectivity index (χ4n) is 2.65.